The van der Waals surface area contributed by atoms with Crippen molar-refractivity contribution in [1.82, 2.24) is 9.80 Å². The van der Waals surface area contributed by atoms with E-state index in [1.165, 1.54) is 36.0 Å². The predicted molar refractivity (Wildman–Crippen MR) is 98.9 cm³/mol. The van der Waals surface area contributed by atoms with E-state index >= 15 is 0 Å². The van der Waals surface area contributed by atoms with Gasteiger partial charge in [-0.3, -0.25) is 4.90 Å². The molecule has 3 nitrogen and oxygen atoms in total. The first-order chi connectivity index (χ1) is 11.6. The van der Waals surface area contributed by atoms with Gasteiger partial charge in [0.1, 0.15) is 5.75 Å². The van der Waals surface area contributed by atoms with Crippen LogP contribution in [0.2, 0.25) is 0 Å². The molecule has 3 heteroatoms. The van der Waals surface area contributed by atoms with Crippen molar-refractivity contribution in [2.75, 3.05) is 20.6 Å². The van der Waals surface area contributed by atoms with Crippen molar-refractivity contribution in [1.29, 1.82) is 0 Å². The Balaban J connectivity index is 1.72. The van der Waals surface area contributed by atoms with Gasteiger partial charge in [-0.05, 0) is 62.3 Å². The Morgan fingerprint density at radius 2 is 1.62 bits per heavy atom. The highest BCUT2D eigenvalue weighted by Crippen LogP contribution is 2.32. The van der Waals surface area contributed by atoms with Crippen molar-refractivity contribution < 1.29 is 5.11 Å². The molecule has 1 saturated heterocycles. The molecule has 0 radical (unpaired) electrons. The molecule has 0 unspecified atom stereocenters. The minimum atomic E-state index is 0.338. The number of nitrogens with zero attached hydrogens (tertiary/aromatic N) is 2. The summed E-state index contributed by atoms with van der Waals surface area (Å²) < 4.78 is 0. The summed E-state index contributed by atoms with van der Waals surface area (Å²) >= 11 is 0. The highest BCUT2D eigenvalue weighted by Gasteiger charge is 2.23. The van der Waals surface area contributed by atoms with Crippen LogP contribution in [0.3, 0.4) is 0 Å². The summed E-state index contributed by atoms with van der Waals surface area (Å²) in [5, 5.41) is 9.46. The van der Waals surface area contributed by atoms with Crippen molar-refractivity contribution in [2.24, 2.45) is 0 Å². The van der Waals surface area contributed by atoms with Crippen molar-refractivity contribution >= 4 is 0 Å². The van der Waals surface area contributed by atoms with Gasteiger partial charge in [0.15, 0.2) is 0 Å². The van der Waals surface area contributed by atoms with E-state index in [-0.39, 0.29) is 0 Å². The molecule has 0 aromatic heterocycles. The van der Waals surface area contributed by atoms with Gasteiger partial charge in [0.25, 0.3) is 0 Å². The van der Waals surface area contributed by atoms with Crippen LogP contribution in [0, 0.1) is 0 Å². The van der Waals surface area contributed by atoms with Crippen LogP contribution in [0.1, 0.15) is 42.0 Å². The summed E-state index contributed by atoms with van der Waals surface area (Å²) in [6.45, 7) is 3.08. The maximum Gasteiger partial charge on any atom is 0.115 e. The Morgan fingerprint density at radius 1 is 0.958 bits per heavy atom. The molecule has 3 rings (SSSR count). The maximum absolute atomic E-state index is 9.46. The molecule has 1 aliphatic heterocycles. The van der Waals surface area contributed by atoms with Crippen LogP contribution in [-0.4, -0.2) is 35.5 Å². The second-order valence-electron chi connectivity index (χ2n) is 7.13. The molecule has 2 aromatic rings. The van der Waals surface area contributed by atoms with E-state index in [1.807, 2.05) is 12.1 Å². The minimum absolute atomic E-state index is 0.338. The lowest BCUT2D eigenvalue weighted by Gasteiger charge is -2.36. The van der Waals surface area contributed by atoms with Crippen LogP contribution >= 0.6 is 0 Å². The highest BCUT2D eigenvalue weighted by molar-refractivity contribution is 5.28. The number of hydrogen-bond donors (Lipinski definition) is 1. The molecule has 2 aromatic carbocycles. The van der Waals surface area contributed by atoms with Crippen LogP contribution in [0.4, 0.5) is 0 Å². The monoisotopic (exact) mass is 324 g/mol. The summed E-state index contributed by atoms with van der Waals surface area (Å²) in [4.78, 5) is 4.78. The highest BCUT2D eigenvalue weighted by atomic mass is 16.3. The smallest absolute Gasteiger partial charge is 0.115 e. The minimum Gasteiger partial charge on any atom is -0.508 e. The maximum atomic E-state index is 9.46. The fraction of sp³-hybridized carbons (Fsp3) is 0.429. The third-order valence-electron chi connectivity index (χ3n) is 4.80. The lowest BCUT2D eigenvalue weighted by Crippen LogP contribution is -2.32. The third-order valence-corrected chi connectivity index (χ3v) is 4.80. The van der Waals surface area contributed by atoms with Crippen LogP contribution in [0.25, 0.3) is 0 Å². The molecule has 0 saturated carbocycles. The topological polar surface area (TPSA) is 26.7 Å². The lowest BCUT2D eigenvalue weighted by molar-refractivity contribution is 0.140. The first-order valence-electron chi connectivity index (χ1n) is 8.87. The van der Waals surface area contributed by atoms with Gasteiger partial charge in [-0.15, -0.1) is 0 Å². The van der Waals surface area contributed by atoms with E-state index in [4.69, 9.17) is 0 Å². The molecule has 24 heavy (non-hydrogen) atoms. The Kier molecular flexibility index (Phi) is 5.54. The molecule has 128 valence electrons. The fourth-order valence-corrected chi connectivity index (χ4v) is 3.60. The Morgan fingerprint density at radius 3 is 2.29 bits per heavy atom. The Hall–Kier alpha value is -1.84. The molecule has 0 bridgehead atoms. The average molecular weight is 324 g/mol. The van der Waals surface area contributed by atoms with Gasteiger partial charge in [-0.1, -0.05) is 42.8 Å². The predicted octanol–water partition coefficient (Wildman–Crippen LogP) is 4.18. The van der Waals surface area contributed by atoms with Gasteiger partial charge < -0.3 is 10.0 Å². The lowest BCUT2D eigenvalue weighted by atomic mass is 9.94. The van der Waals surface area contributed by atoms with Crippen molar-refractivity contribution in [2.45, 2.75) is 38.4 Å². The number of piperidine rings is 1. The number of phenolic OH excluding ortho intramolecular Hbond substituents is 1. The summed E-state index contributed by atoms with van der Waals surface area (Å²) in [6.07, 6.45) is 3.80. The van der Waals surface area contributed by atoms with Gasteiger partial charge in [0.05, 0.1) is 0 Å². The van der Waals surface area contributed by atoms with Crippen LogP contribution in [0.15, 0.2) is 48.5 Å². The molecule has 1 aliphatic rings. The summed E-state index contributed by atoms with van der Waals surface area (Å²) in [5.41, 5.74) is 4.06. The first kappa shape index (κ1) is 17.0. The van der Waals surface area contributed by atoms with E-state index in [1.54, 1.807) is 12.1 Å². The number of benzene rings is 2. The third kappa shape index (κ3) is 4.37. The molecule has 1 fully saturated rings. The zero-order chi connectivity index (χ0) is 16.9. The van der Waals surface area contributed by atoms with E-state index in [0.29, 0.717) is 11.8 Å². The van der Waals surface area contributed by atoms with E-state index in [2.05, 4.69) is 48.2 Å². The molecular weight excluding hydrogens is 296 g/mol. The van der Waals surface area contributed by atoms with Gasteiger partial charge in [0, 0.05) is 19.1 Å². The molecular formula is C21H28N2O. The second kappa shape index (κ2) is 7.82. The van der Waals surface area contributed by atoms with E-state index in [0.717, 1.165) is 19.6 Å². The zero-order valence-corrected chi connectivity index (χ0v) is 14.8. The molecule has 1 N–H and O–H groups in total. The zero-order valence-electron chi connectivity index (χ0n) is 14.8. The normalized spacial score (nSPS) is 18.9. The van der Waals surface area contributed by atoms with Crippen LogP contribution < -0.4 is 0 Å². The van der Waals surface area contributed by atoms with Crippen LogP contribution in [0.5, 0.6) is 5.75 Å². The molecule has 0 amide bonds. The van der Waals surface area contributed by atoms with Crippen LogP contribution in [-0.2, 0) is 13.1 Å². The summed E-state index contributed by atoms with van der Waals surface area (Å²) in [7, 11) is 4.21. The molecule has 0 spiro atoms. The SMILES string of the molecule is CN(C)Cc1ccc([C@H]2CCCCN2Cc2ccc(O)cc2)cc1. The Bertz CT molecular complexity index is 634. The van der Waals surface area contributed by atoms with E-state index in [9.17, 15) is 5.11 Å². The quantitative estimate of drug-likeness (QED) is 0.894. The number of likely N-dealkylation sites (tertiary alicyclic amines) is 1. The number of rotatable bonds is 5. The van der Waals surface area contributed by atoms with Gasteiger partial charge in [0.2, 0.25) is 0 Å². The van der Waals surface area contributed by atoms with Crippen molar-refractivity contribution in [3.8, 4) is 5.75 Å². The van der Waals surface area contributed by atoms with Gasteiger partial charge >= 0.3 is 0 Å². The molecule has 1 heterocycles. The average Bonchev–Trinajstić information content (AvgIpc) is 2.58. The number of hydrogen-bond acceptors (Lipinski definition) is 3. The second-order valence-corrected chi connectivity index (χ2v) is 7.13. The largest absolute Gasteiger partial charge is 0.508 e. The summed E-state index contributed by atoms with van der Waals surface area (Å²) in [5.74, 6) is 0.338. The van der Waals surface area contributed by atoms with Crippen molar-refractivity contribution in [3.63, 3.8) is 0 Å². The molecule has 1 atom stereocenters. The Labute approximate surface area is 145 Å². The molecule has 0 aliphatic carbocycles. The standard InChI is InChI=1S/C21H28N2O/c1-22(2)15-17-6-10-19(11-7-17)21-5-3-4-14-23(21)16-18-8-12-20(24)13-9-18/h6-13,21,24H,3-5,14-16H2,1-2H3/t21-/m1/s1. The summed E-state index contributed by atoms with van der Waals surface area (Å²) in [6, 6.07) is 17.3. The van der Waals surface area contributed by atoms with Gasteiger partial charge in [-0.25, -0.2) is 0 Å². The van der Waals surface area contributed by atoms with Gasteiger partial charge in [-0.2, -0.15) is 0 Å². The fourth-order valence-electron chi connectivity index (χ4n) is 3.60. The number of phenols is 1. The first-order valence-corrected chi connectivity index (χ1v) is 8.87. The number of aromatic hydroxyl groups is 1. The van der Waals surface area contributed by atoms with E-state index < -0.39 is 0 Å². The van der Waals surface area contributed by atoms with Crippen molar-refractivity contribution in [3.05, 3.63) is 65.2 Å².